The minimum atomic E-state index is -3.63. The molecule has 1 heterocycles. The molecule has 1 aliphatic rings. The number of Topliss-reactive ketones (excluding diaryl/α,β-unsaturated/α-hetero) is 1. The molecule has 0 aliphatic carbocycles. The van der Waals surface area contributed by atoms with Gasteiger partial charge in [0, 0.05) is 35.2 Å². The van der Waals surface area contributed by atoms with Crippen LogP contribution in [0.25, 0.3) is 0 Å². The summed E-state index contributed by atoms with van der Waals surface area (Å²) in [6.45, 7) is 2.16. The maximum Gasteiger partial charge on any atom is 0.243 e. The molecule has 1 atom stereocenters. The molecule has 0 spiro atoms. The molecule has 0 saturated carbocycles. The van der Waals surface area contributed by atoms with Crippen molar-refractivity contribution in [3.8, 4) is 0 Å². The van der Waals surface area contributed by atoms with Gasteiger partial charge in [-0.1, -0.05) is 30.3 Å². The van der Waals surface area contributed by atoms with E-state index < -0.39 is 10.0 Å². The molecule has 138 valence electrons. The summed E-state index contributed by atoms with van der Waals surface area (Å²) in [5, 5.41) is -0.0588. The van der Waals surface area contributed by atoms with Crippen LogP contribution in [0, 0.1) is 5.82 Å². The van der Waals surface area contributed by atoms with Gasteiger partial charge >= 0.3 is 0 Å². The van der Waals surface area contributed by atoms with Crippen LogP contribution in [0.3, 0.4) is 0 Å². The molecule has 0 bridgehead atoms. The fraction of sp³-hybridized carbons (Fsp3) is 0.316. The van der Waals surface area contributed by atoms with Gasteiger partial charge in [-0.05, 0) is 31.5 Å². The lowest BCUT2D eigenvalue weighted by atomic mass is 10.1. The van der Waals surface area contributed by atoms with E-state index in [0.717, 1.165) is 0 Å². The van der Waals surface area contributed by atoms with Crippen molar-refractivity contribution in [3.63, 3.8) is 0 Å². The van der Waals surface area contributed by atoms with Gasteiger partial charge in [-0.15, -0.1) is 0 Å². The van der Waals surface area contributed by atoms with E-state index in [1.807, 2.05) is 0 Å². The topological polar surface area (TPSA) is 54.5 Å². The van der Waals surface area contributed by atoms with Crippen LogP contribution < -0.4 is 0 Å². The smallest absolute Gasteiger partial charge is 0.243 e. The summed E-state index contributed by atoms with van der Waals surface area (Å²) >= 11 is 1.58. The van der Waals surface area contributed by atoms with Crippen LogP contribution in [0.4, 0.5) is 4.39 Å². The number of sulfonamides is 1. The average molecular weight is 394 g/mol. The van der Waals surface area contributed by atoms with Gasteiger partial charge in [-0.3, -0.25) is 4.79 Å². The first-order chi connectivity index (χ1) is 12.4. The maximum absolute atomic E-state index is 14.0. The zero-order valence-electron chi connectivity index (χ0n) is 14.4. The van der Waals surface area contributed by atoms with Crippen molar-refractivity contribution in [1.29, 1.82) is 0 Å². The molecule has 1 fully saturated rings. The first-order valence-corrected chi connectivity index (χ1v) is 10.9. The van der Waals surface area contributed by atoms with E-state index in [0.29, 0.717) is 36.4 Å². The quantitative estimate of drug-likeness (QED) is 0.740. The number of ketones is 1. The molecule has 1 saturated heterocycles. The SMILES string of the molecule is CC(=O)c1ccc(S(=O)(=O)N2CCS[C@H](c3ccccc3F)CC2)cc1. The predicted molar refractivity (Wildman–Crippen MR) is 101 cm³/mol. The Labute approximate surface area is 157 Å². The molecule has 0 aromatic heterocycles. The number of carbonyl (C=O) groups is 1. The molecule has 3 rings (SSSR count). The van der Waals surface area contributed by atoms with E-state index in [4.69, 9.17) is 0 Å². The lowest BCUT2D eigenvalue weighted by Gasteiger charge is -2.20. The van der Waals surface area contributed by atoms with E-state index in [1.165, 1.54) is 41.6 Å². The van der Waals surface area contributed by atoms with Crippen LogP contribution in [0.2, 0.25) is 0 Å². The van der Waals surface area contributed by atoms with Crippen LogP contribution in [0.15, 0.2) is 53.4 Å². The fourth-order valence-electron chi connectivity index (χ4n) is 2.99. The second kappa shape index (κ2) is 7.90. The van der Waals surface area contributed by atoms with Gasteiger partial charge in [0.2, 0.25) is 10.0 Å². The van der Waals surface area contributed by atoms with Crippen molar-refractivity contribution in [3.05, 3.63) is 65.5 Å². The Balaban J connectivity index is 1.77. The molecular weight excluding hydrogens is 373 g/mol. The number of nitrogens with zero attached hydrogens (tertiary/aromatic N) is 1. The van der Waals surface area contributed by atoms with Crippen molar-refractivity contribution in [2.24, 2.45) is 0 Å². The standard InChI is InChI=1S/C19H20FNO3S2/c1-14(22)15-6-8-16(9-7-15)26(23,24)21-11-10-19(25-13-12-21)17-4-2-3-5-18(17)20/h2-9,19H,10-13H2,1H3/t19-/m0/s1. The van der Waals surface area contributed by atoms with E-state index in [2.05, 4.69) is 0 Å². The molecule has 2 aromatic carbocycles. The Hall–Kier alpha value is -1.70. The zero-order chi connectivity index (χ0) is 18.7. The highest BCUT2D eigenvalue weighted by Crippen LogP contribution is 2.36. The molecule has 0 unspecified atom stereocenters. The molecule has 0 amide bonds. The monoisotopic (exact) mass is 393 g/mol. The van der Waals surface area contributed by atoms with Gasteiger partial charge in [-0.2, -0.15) is 16.1 Å². The van der Waals surface area contributed by atoms with Crippen LogP contribution in [-0.2, 0) is 10.0 Å². The second-order valence-corrected chi connectivity index (χ2v) is 9.40. The third kappa shape index (κ3) is 4.00. The van der Waals surface area contributed by atoms with Gasteiger partial charge in [0.05, 0.1) is 4.90 Å². The highest BCUT2D eigenvalue weighted by Gasteiger charge is 2.29. The molecule has 4 nitrogen and oxygen atoms in total. The Morgan fingerprint density at radius 3 is 2.46 bits per heavy atom. The Kier molecular flexibility index (Phi) is 5.79. The van der Waals surface area contributed by atoms with Crippen molar-refractivity contribution in [2.45, 2.75) is 23.5 Å². The zero-order valence-corrected chi connectivity index (χ0v) is 16.0. The highest BCUT2D eigenvalue weighted by atomic mass is 32.2. The van der Waals surface area contributed by atoms with Gasteiger partial charge < -0.3 is 0 Å². The first-order valence-electron chi connectivity index (χ1n) is 8.37. The van der Waals surface area contributed by atoms with Crippen LogP contribution in [0.1, 0.15) is 34.5 Å². The Bertz CT molecular complexity index is 897. The third-order valence-corrected chi connectivity index (χ3v) is 7.67. The molecule has 1 aliphatic heterocycles. The Morgan fingerprint density at radius 1 is 1.12 bits per heavy atom. The van der Waals surface area contributed by atoms with E-state index in [1.54, 1.807) is 30.0 Å². The summed E-state index contributed by atoms with van der Waals surface area (Å²) in [7, 11) is -3.63. The first kappa shape index (κ1) is 19.1. The average Bonchev–Trinajstić information content (AvgIpc) is 2.89. The molecule has 0 N–H and O–H groups in total. The molecule has 2 aromatic rings. The lowest BCUT2D eigenvalue weighted by Crippen LogP contribution is -2.33. The van der Waals surface area contributed by atoms with Crippen molar-refractivity contribution in [2.75, 3.05) is 18.8 Å². The van der Waals surface area contributed by atoms with Gasteiger partial charge in [0.15, 0.2) is 5.78 Å². The van der Waals surface area contributed by atoms with Crippen molar-refractivity contribution in [1.82, 2.24) is 4.31 Å². The van der Waals surface area contributed by atoms with Gasteiger partial charge in [-0.25, -0.2) is 12.8 Å². The lowest BCUT2D eigenvalue weighted by molar-refractivity contribution is 0.101. The number of hydrogen-bond acceptors (Lipinski definition) is 4. The number of thioether (sulfide) groups is 1. The number of rotatable bonds is 4. The number of halogens is 1. The number of benzene rings is 2. The minimum absolute atomic E-state index is 0.0588. The molecule has 7 heteroatoms. The fourth-order valence-corrected chi connectivity index (χ4v) is 5.81. The summed E-state index contributed by atoms with van der Waals surface area (Å²) in [6.07, 6.45) is 0.552. The van der Waals surface area contributed by atoms with Gasteiger partial charge in [0.25, 0.3) is 0 Å². The predicted octanol–water partition coefficient (Wildman–Crippen LogP) is 3.90. The highest BCUT2D eigenvalue weighted by molar-refractivity contribution is 7.99. The molecular formula is C19H20FNO3S2. The van der Waals surface area contributed by atoms with Crippen LogP contribution in [-0.4, -0.2) is 37.3 Å². The summed E-state index contributed by atoms with van der Waals surface area (Å²) in [5.74, 6) is 0.248. The van der Waals surface area contributed by atoms with Gasteiger partial charge in [0.1, 0.15) is 5.82 Å². The van der Waals surface area contributed by atoms with Crippen molar-refractivity contribution >= 4 is 27.6 Å². The molecule has 26 heavy (non-hydrogen) atoms. The minimum Gasteiger partial charge on any atom is -0.295 e. The van der Waals surface area contributed by atoms with E-state index in [-0.39, 0.29) is 21.7 Å². The van der Waals surface area contributed by atoms with Crippen molar-refractivity contribution < 1.29 is 17.6 Å². The number of carbonyl (C=O) groups excluding carboxylic acids is 1. The summed E-state index contributed by atoms with van der Waals surface area (Å²) in [5.41, 5.74) is 1.11. The third-order valence-electron chi connectivity index (χ3n) is 4.45. The molecule has 0 radical (unpaired) electrons. The van der Waals surface area contributed by atoms with Crippen LogP contribution >= 0.6 is 11.8 Å². The van der Waals surface area contributed by atoms with E-state index in [9.17, 15) is 17.6 Å². The number of hydrogen-bond donors (Lipinski definition) is 0. The van der Waals surface area contributed by atoms with E-state index >= 15 is 0 Å². The Morgan fingerprint density at radius 2 is 1.81 bits per heavy atom. The van der Waals surface area contributed by atoms with Crippen LogP contribution in [0.5, 0.6) is 0 Å². The second-order valence-electron chi connectivity index (χ2n) is 6.15. The summed E-state index contributed by atoms with van der Waals surface area (Å²) in [4.78, 5) is 11.5. The summed E-state index contributed by atoms with van der Waals surface area (Å²) in [6, 6.07) is 12.7. The maximum atomic E-state index is 14.0. The summed E-state index contributed by atoms with van der Waals surface area (Å²) < 4.78 is 41.3. The largest absolute Gasteiger partial charge is 0.295 e. The normalized spacial score (nSPS) is 19.1.